The third-order valence-electron chi connectivity index (χ3n) is 1.69. The molecule has 68 valence electrons. The fraction of sp³-hybridized carbons (Fsp3) is 1.00. The van der Waals surface area contributed by atoms with Crippen molar-refractivity contribution in [2.75, 3.05) is 25.6 Å². The van der Waals surface area contributed by atoms with E-state index in [1.165, 1.54) is 12.8 Å². The molecule has 0 saturated heterocycles. The van der Waals surface area contributed by atoms with E-state index in [0.717, 1.165) is 18.5 Å². The minimum absolute atomic E-state index is 0.643. The van der Waals surface area contributed by atoms with Crippen molar-refractivity contribution in [3.63, 3.8) is 0 Å². The standard InChI is InChI=1S/C8H18BrNO/c1-3-8(4-5-9)10-6-7-11-2/h8,10H,3-7H2,1-2H3. The summed E-state index contributed by atoms with van der Waals surface area (Å²) in [4.78, 5) is 0. The van der Waals surface area contributed by atoms with E-state index in [0.29, 0.717) is 6.04 Å². The van der Waals surface area contributed by atoms with Gasteiger partial charge in [0.25, 0.3) is 0 Å². The van der Waals surface area contributed by atoms with E-state index >= 15 is 0 Å². The highest BCUT2D eigenvalue weighted by Crippen LogP contribution is 1.99. The Bertz CT molecular complexity index is 80.5. The number of ether oxygens (including phenoxy) is 1. The SMILES string of the molecule is CCC(CCBr)NCCOC. The van der Waals surface area contributed by atoms with Crippen LogP contribution in [-0.2, 0) is 4.74 Å². The van der Waals surface area contributed by atoms with Crippen molar-refractivity contribution < 1.29 is 4.74 Å². The lowest BCUT2D eigenvalue weighted by molar-refractivity contribution is 0.195. The third kappa shape index (κ3) is 6.78. The van der Waals surface area contributed by atoms with Gasteiger partial charge in [0.05, 0.1) is 6.61 Å². The molecule has 0 bridgehead atoms. The van der Waals surface area contributed by atoms with E-state index in [2.05, 4.69) is 28.2 Å². The van der Waals surface area contributed by atoms with E-state index < -0.39 is 0 Å². The lowest BCUT2D eigenvalue weighted by atomic mass is 10.2. The molecule has 0 aliphatic carbocycles. The quantitative estimate of drug-likeness (QED) is 0.525. The minimum atomic E-state index is 0.643. The number of halogens is 1. The maximum Gasteiger partial charge on any atom is 0.0587 e. The van der Waals surface area contributed by atoms with Crippen LogP contribution in [0.25, 0.3) is 0 Å². The Kier molecular flexibility index (Phi) is 8.81. The number of alkyl halides is 1. The van der Waals surface area contributed by atoms with Crippen LogP contribution in [0.3, 0.4) is 0 Å². The lowest BCUT2D eigenvalue weighted by Gasteiger charge is -2.14. The van der Waals surface area contributed by atoms with Crippen molar-refractivity contribution in [1.82, 2.24) is 5.32 Å². The maximum atomic E-state index is 4.94. The van der Waals surface area contributed by atoms with Gasteiger partial charge in [-0.05, 0) is 12.8 Å². The van der Waals surface area contributed by atoms with E-state index in [4.69, 9.17) is 4.74 Å². The summed E-state index contributed by atoms with van der Waals surface area (Å²) in [5.41, 5.74) is 0. The molecule has 0 rings (SSSR count). The molecule has 1 N–H and O–H groups in total. The fourth-order valence-electron chi connectivity index (χ4n) is 0.947. The first kappa shape index (κ1) is 11.4. The van der Waals surface area contributed by atoms with Crippen molar-refractivity contribution >= 4 is 15.9 Å². The number of methoxy groups -OCH3 is 1. The van der Waals surface area contributed by atoms with Crippen molar-refractivity contribution in [3.8, 4) is 0 Å². The van der Waals surface area contributed by atoms with Gasteiger partial charge in [0.2, 0.25) is 0 Å². The first-order chi connectivity index (χ1) is 5.35. The summed E-state index contributed by atoms with van der Waals surface area (Å²) < 4.78 is 4.94. The monoisotopic (exact) mass is 223 g/mol. The van der Waals surface area contributed by atoms with Crippen LogP contribution in [0, 0.1) is 0 Å². The molecular formula is C8H18BrNO. The zero-order chi connectivity index (χ0) is 8.53. The molecule has 2 nitrogen and oxygen atoms in total. The van der Waals surface area contributed by atoms with Gasteiger partial charge in [-0.25, -0.2) is 0 Å². The van der Waals surface area contributed by atoms with Gasteiger partial charge in [-0.1, -0.05) is 22.9 Å². The molecule has 0 aliphatic heterocycles. The predicted molar refractivity (Wildman–Crippen MR) is 52.4 cm³/mol. The zero-order valence-electron chi connectivity index (χ0n) is 7.40. The molecule has 0 aromatic carbocycles. The molecule has 1 unspecified atom stereocenters. The highest BCUT2D eigenvalue weighted by Gasteiger charge is 2.02. The van der Waals surface area contributed by atoms with Crippen LogP contribution < -0.4 is 5.32 Å². The normalized spacial score (nSPS) is 13.4. The number of hydrogen-bond acceptors (Lipinski definition) is 2. The number of hydrogen-bond donors (Lipinski definition) is 1. The van der Waals surface area contributed by atoms with Gasteiger partial charge < -0.3 is 10.1 Å². The van der Waals surface area contributed by atoms with E-state index in [9.17, 15) is 0 Å². The van der Waals surface area contributed by atoms with Gasteiger partial charge in [-0.15, -0.1) is 0 Å². The average Bonchev–Trinajstić information content (AvgIpc) is 2.03. The fourth-order valence-corrected chi connectivity index (χ4v) is 1.50. The molecule has 0 heterocycles. The van der Waals surface area contributed by atoms with E-state index in [1.54, 1.807) is 7.11 Å². The average molecular weight is 224 g/mol. The Balaban J connectivity index is 3.20. The Morgan fingerprint density at radius 3 is 2.73 bits per heavy atom. The summed E-state index contributed by atoms with van der Waals surface area (Å²) in [6, 6.07) is 0.643. The van der Waals surface area contributed by atoms with Crippen molar-refractivity contribution in [2.45, 2.75) is 25.8 Å². The maximum absolute atomic E-state index is 4.94. The lowest BCUT2D eigenvalue weighted by Crippen LogP contribution is -2.31. The molecular weight excluding hydrogens is 206 g/mol. The van der Waals surface area contributed by atoms with Gasteiger partial charge >= 0.3 is 0 Å². The Labute approximate surface area is 77.8 Å². The second-order valence-electron chi connectivity index (χ2n) is 2.53. The molecule has 0 aliphatic rings. The first-order valence-corrected chi connectivity index (χ1v) is 5.25. The first-order valence-electron chi connectivity index (χ1n) is 4.13. The Morgan fingerprint density at radius 2 is 2.27 bits per heavy atom. The van der Waals surface area contributed by atoms with Gasteiger partial charge in [-0.3, -0.25) is 0 Å². The topological polar surface area (TPSA) is 21.3 Å². The van der Waals surface area contributed by atoms with Crippen molar-refractivity contribution in [3.05, 3.63) is 0 Å². The third-order valence-corrected chi connectivity index (χ3v) is 2.15. The highest BCUT2D eigenvalue weighted by molar-refractivity contribution is 9.09. The van der Waals surface area contributed by atoms with Gasteiger partial charge in [0, 0.05) is 25.0 Å². The molecule has 1 atom stereocenters. The smallest absolute Gasteiger partial charge is 0.0587 e. The van der Waals surface area contributed by atoms with Crippen LogP contribution in [-0.4, -0.2) is 31.6 Å². The van der Waals surface area contributed by atoms with E-state index in [1.807, 2.05) is 0 Å². The molecule has 11 heavy (non-hydrogen) atoms. The van der Waals surface area contributed by atoms with Crippen LogP contribution in [0.1, 0.15) is 19.8 Å². The minimum Gasteiger partial charge on any atom is -0.383 e. The van der Waals surface area contributed by atoms with Gasteiger partial charge in [-0.2, -0.15) is 0 Å². The molecule has 0 fully saturated rings. The van der Waals surface area contributed by atoms with Gasteiger partial charge in [0.1, 0.15) is 0 Å². The number of rotatable bonds is 7. The molecule has 3 heteroatoms. The largest absolute Gasteiger partial charge is 0.383 e. The van der Waals surface area contributed by atoms with Crippen LogP contribution >= 0.6 is 15.9 Å². The molecule has 0 spiro atoms. The predicted octanol–water partition coefficient (Wildman–Crippen LogP) is 1.79. The summed E-state index contributed by atoms with van der Waals surface area (Å²) in [7, 11) is 1.73. The van der Waals surface area contributed by atoms with Crippen LogP contribution in [0.2, 0.25) is 0 Å². The Morgan fingerprint density at radius 1 is 1.55 bits per heavy atom. The molecule has 0 radical (unpaired) electrons. The van der Waals surface area contributed by atoms with Crippen LogP contribution in [0.5, 0.6) is 0 Å². The van der Waals surface area contributed by atoms with Crippen LogP contribution in [0.15, 0.2) is 0 Å². The summed E-state index contributed by atoms with van der Waals surface area (Å²) in [6.07, 6.45) is 2.38. The Hall–Kier alpha value is 0.400. The molecule has 0 saturated carbocycles. The number of nitrogens with one attached hydrogen (secondary N) is 1. The second kappa shape index (κ2) is 8.50. The van der Waals surface area contributed by atoms with Gasteiger partial charge in [0.15, 0.2) is 0 Å². The summed E-state index contributed by atoms with van der Waals surface area (Å²) in [6.45, 7) is 3.97. The highest BCUT2D eigenvalue weighted by atomic mass is 79.9. The summed E-state index contributed by atoms with van der Waals surface area (Å²) >= 11 is 3.43. The molecule has 0 aromatic heterocycles. The zero-order valence-corrected chi connectivity index (χ0v) is 8.99. The summed E-state index contributed by atoms with van der Waals surface area (Å²) in [5.74, 6) is 0. The molecule has 0 amide bonds. The van der Waals surface area contributed by atoms with E-state index in [-0.39, 0.29) is 0 Å². The second-order valence-corrected chi connectivity index (χ2v) is 3.32. The van der Waals surface area contributed by atoms with Crippen LogP contribution in [0.4, 0.5) is 0 Å². The van der Waals surface area contributed by atoms with Crippen molar-refractivity contribution in [1.29, 1.82) is 0 Å². The molecule has 0 aromatic rings. The summed E-state index contributed by atoms with van der Waals surface area (Å²) in [5, 5.41) is 4.49. The van der Waals surface area contributed by atoms with Crippen molar-refractivity contribution in [2.24, 2.45) is 0 Å².